The summed E-state index contributed by atoms with van der Waals surface area (Å²) in [6.07, 6.45) is 1.63. The van der Waals surface area contributed by atoms with Crippen molar-refractivity contribution in [1.29, 1.82) is 0 Å². The Morgan fingerprint density at radius 1 is 0.949 bits per heavy atom. The summed E-state index contributed by atoms with van der Waals surface area (Å²) in [5.74, 6) is -0.819. The normalized spacial score (nSPS) is 16.3. The van der Waals surface area contributed by atoms with Crippen molar-refractivity contribution in [3.63, 3.8) is 0 Å². The van der Waals surface area contributed by atoms with E-state index in [1.807, 2.05) is 0 Å². The lowest BCUT2D eigenvalue weighted by atomic mass is 10.1. The number of benzene rings is 3. The van der Waals surface area contributed by atoms with E-state index in [1.165, 1.54) is 11.0 Å². The van der Waals surface area contributed by atoms with E-state index in [2.05, 4.69) is 10.3 Å². The molecule has 2 heterocycles. The highest BCUT2D eigenvalue weighted by Crippen LogP contribution is 2.26. The van der Waals surface area contributed by atoms with E-state index >= 15 is 0 Å². The Balaban J connectivity index is 1.44. The number of nitrogens with zero attached hydrogens (tertiary/aromatic N) is 3. The van der Waals surface area contributed by atoms with Gasteiger partial charge in [-0.3, -0.25) is 14.6 Å². The molecule has 0 saturated carbocycles. The Morgan fingerprint density at radius 3 is 2.51 bits per heavy atom. The van der Waals surface area contributed by atoms with Crippen LogP contribution in [0.1, 0.15) is 15.9 Å². The number of nitrogens with one attached hydrogen (secondary N) is 1. The van der Waals surface area contributed by atoms with Crippen LogP contribution in [0.2, 0.25) is 10.0 Å². The molecule has 11 heteroatoms. The Hall–Kier alpha value is -3.50. The Morgan fingerprint density at radius 2 is 1.74 bits per heavy atom. The molecule has 1 fully saturated rings. The molecule has 1 N–H and O–H groups in total. The Bertz CT molecular complexity index is 1650. The van der Waals surface area contributed by atoms with Crippen LogP contribution in [0.25, 0.3) is 10.9 Å². The maximum Gasteiger partial charge on any atom is 0.253 e. The molecule has 0 spiro atoms. The van der Waals surface area contributed by atoms with E-state index in [0.29, 0.717) is 32.1 Å². The van der Waals surface area contributed by atoms with E-state index in [9.17, 15) is 18.0 Å². The van der Waals surface area contributed by atoms with E-state index < -0.39 is 22.0 Å². The molecule has 1 aromatic heterocycles. The maximum absolute atomic E-state index is 13.8. The predicted molar refractivity (Wildman–Crippen MR) is 150 cm³/mol. The first-order valence-corrected chi connectivity index (χ1v) is 14.4. The second kappa shape index (κ2) is 11.3. The largest absolute Gasteiger partial charge is 0.351 e. The quantitative estimate of drug-likeness (QED) is 0.364. The van der Waals surface area contributed by atoms with Crippen molar-refractivity contribution in [3.05, 3.63) is 106 Å². The monoisotopic (exact) mass is 582 g/mol. The smallest absolute Gasteiger partial charge is 0.253 e. The third-order valence-corrected chi connectivity index (χ3v) is 9.08. The second-order valence-corrected chi connectivity index (χ2v) is 11.8. The number of aromatic nitrogens is 1. The summed E-state index contributed by atoms with van der Waals surface area (Å²) < 4.78 is 28.9. The average molecular weight is 583 g/mol. The number of piperazine rings is 1. The minimum Gasteiger partial charge on any atom is -0.351 e. The molecule has 0 radical (unpaired) electrons. The SMILES string of the molecule is O=C(NCc1ccc(Cl)cc1Cl)C1CN(C(=O)c2ccccc2)CCN1S(=O)(=O)c1ccc2ncccc2c1. The van der Waals surface area contributed by atoms with Gasteiger partial charge in [0, 0.05) is 53.4 Å². The minimum atomic E-state index is -4.09. The molecule has 1 aliphatic rings. The van der Waals surface area contributed by atoms with Crippen LogP contribution in [0.15, 0.2) is 90.0 Å². The maximum atomic E-state index is 13.8. The zero-order valence-corrected chi connectivity index (χ0v) is 23.0. The third-order valence-electron chi connectivity index (χ3n) is 6.59. The molecule has 1 atom stereocenters. The van der Waals surface area contributed by atoms with Gasteiger partial charge in [0.2, 0.25) is 15.9 Å². The van der Waals surface area contributed by atoms with Crippen molar-refractivity contribution in [1.82, 2.24) is 19.5 Å². The van der Waals surface area contributed by atoms with Crippen LogP contribution < -0.4 is 5.32 Å². The number of hydrogen-bond acceptors (Lipinski definition) is 5. The first-order valence-electron chi connectivity index (χ1n) is 12.2. The van der Waals surface area contributed by atoms with E-state index in [0.717, 1.165) is 4.31 Å². The fraction of sp³-hybridized carbons (Fsp3) is 0.179. The topological polar surface area (TPSA) is 99.7 Å². The number of carbonyl (C=O) groups excluding carboxylic acids is 2. The highest BCUT2D eigenvalue weighted by Gasteiger charge is 2.41. The van der Waals surface area contributed by atoms with E-state index in [1.54, 1.807) is 79.0 Å². The highest BCUT2D eigenvalue weighted by atomic mass is 35.5. The summed E-state index contributed by atoms with van der Waals surface area (Å²) in [6, 6.07) is 20.6. The van der Waals surface area contributed by atoms with Gasteiger partial charge in [-0.1, -0.05) is 53.5 Å². The van der Waals surface area contributed by atoms with Gasteiger partial charge >= 0.3 is 0 Å². The molecule has 4 aromatic rings. The summed E-state index contributed by atoms with van der Waals surface area (Å²) in [6.45, 7) is 0.0381. The molecule has 3 aromatic carbocycles. The summed E-state index contributed by atoms with van der Waals surface area (Å²) in [7, 11) is -4.09. The standard InChI is InChI=1S/C28H24Cl2N4O4S/c29-22-9-8-21(24(30)16-22)17-32-27(35)26-18-33(28(36)19-5-2-1-3-6-19)13-14-34(26)39(37,38)23-10-11-25-20(15-23)7-4-12-31-25/h1-12,15-16,26H,13-14,17-18H2,(H,32,35). The third kappa shape index (κ3) is 5.77. The predicted octanol–water partition coefficient (Wildman–Crippen LogP) is 4.37. The molecule has 5 rings (SSSR count). The molecular weight excluding hydrogens is 559 g/mol. The number of hydrogen-bond donors (Lipinski definition) is 1. The molecule has 1 unspecified atom stereocenters. The first kappa shape index (κ1) is 27.1. The van der Waals surface area contributed by atoms with Gasteiger partial charge in [-0.05, 0) is 54.1 Å². The first-order chi connectivity index (χ1) is 18.7. The number of pyridine rings is 1. The zero-order valence-electron chi connectivity index (χ0n) is 20.6. The molecule has 39 heavy (non-hydrogen) atoms. The number of fused-ring (bicyclic) bond motifs is 1. The lowest BCUT2D eigenvalue weighted by Gasteiger charge is -2.39. The molecule has 2 amide bonds. The van der Waals surface area contributed by atoms with Crippen LogP contribution in [-0.2, 0) is 21.4 Å². The number of halogens is 2. The van der Waals surface area contributed by atoms with E-state index in [4.69, 9.17) is 23.2 Å². The molecule has 0 aliphatic carbocycles. The number of rotatable bonds is 6. The minimum absolute atomic E-state index is 0.0457. The lowest BCUT2D eigenvalue weighted by Crippen LogP contribution is -2.61. The van der Waals surface area contributed by atoms with Crippen molar-refractivity contribution in [3.8, 4) is 0 Å². The van der Waals surface area contributed by atoms with Crippen LogP contribution in [0.4, 0.5) is 0 Å². The molecule has 1 aliphatic heterocycles. The average Bonchev–Trinajstić information content (AvgIpc) is 2.96. The van der Waals surface area contributed by atoms with Gasteiger partial charge < -0.3 is 10.2 Å². The van der Waals surface area contributed by atoms with Crippen LogP contribution in [0.3, 0.4) is 0 Å². The van der Waals surface area contributed by atoms with Crippen LogP contribution >= 0.6 is 23.2 Å². The summed E-state index contributed by atoms with van der Waals surface area (Å²) >= 11 is 12.2. The van der Waals surface area contributed by atoms with Crippen molar-refractivity contribution in [2.75, 3.05) is 19.6 Å². The summed E-state index contributed by atoms with van der Waals surface area (Å²) in [5.41, 5.74) is 1.74. The molecule has 1 saturated heterocycles. The van der Waals surface area contributed by atoms with Crippen molar-refractivity contribution in [2.24, 2.45) is 0 Å². The number of amides is 2. The van der Waals surface area contributed by atoms with Gasteiger partial charge in [0.1, 0.15) is 6.04 Å². The van der Waals surface area contributed by atoms with E-state index in [-0.39, 0.29) is 37.0 Å². The Labute approximate surface area is 236 Å². The van der Waals surface area contributed by atoms with Gasteiger partial charge in [-0.25, -0.2) is 8.42 Å². The molecular formula is C28H24Cl2N4O4S. The number of carbonyl (C=O) groups is 2. The lowest BCUT2D eigenvalue weighted by molar-refractivity contribution is -0.126. The summed E-state index contributed by atoms with van der Waals surface area (Å²) in [5, 5.41) is 4.29. The van der Waals surface area contributed by atoms with Gasteiger partial charge in [0.05, 0.1) is 10.4 Å². The van der Waals surface area contributed by atoms with Crippen molar-refractivity contribution < 1.29 is 18.0 Å². The summed E-state index contributed by atoms with van der Waals surface area (Å²) in [4.78, 5) is 32.5. The van der Waals surface area contributed by atoms with Crippen molar-refractivity contribution >= 4 is 55.9 Å². The fourth-order valence-electron chi connectivity index (χ4n) is 4.53. The molecule has 0 bridgehead atoms. The Kier molecular flexibility index (Phi) is 7.86. The van der Waals surface area contributed by atoms with Gasteiger partial charge in [-0.15, -0.1) is 0 Å². The van der Waals surface area contributed by atoms with Gasteiger partial charge in [0.15, 0.2) is 0 Å². The molecule has 200 valence electrons. The van der Waals surface area contributed by atoms with Crippen LogP contribution in [-0.4, -0.2) is 60.1 Å². The van der Waals surface area contributed by atoms with Crippen LogP contribution in [0, 0.1) is 0 Å². The fourth-order valence-corrected chi connectivity index (χ4v) is 6.61. The van der Waals surface area contributed by atoms with Crippen molar-refractivity contribution in [2.45, 2.75) is 17.5 Å². The van der Waals surface area contributed by atoms with Crippen LogP contribution in [0.5, 0.6) is 0 Å². The zero-order chi connectivity index (χ0) is 27.6. The number of sulfonamides is 1. The van der Waals surface area contributed by atoms with Gasteiger partial charge in [0.25, 0.3) is 5.91 Å². The second-order valence-electron chi connectivity index (χ2n) is 9.06. The highest BCUT2D eigenvalue weighted by molar-refractivity contribution is 7.89. The van der Waals surface area contributed by atoms with Gasteiger partial charge in [-0.2, -0.15) is 4.31 Å². The molecule has 8 nitrogen and oxygen atoms in total.